The van der Waals surface area contributed by atoms with Gasteiger partial charge in [-0.2, -0.15) is 0 Å². The van der Waals surface area contributed by atoms with Crippen LogP contribution in [-0.4, -0.2) is 21.8 Å². The summed E-state index contributed by atoms with van der Waals surface area (Å²) >= 11 is 0. The summed E-state index contributed by atoms with van der Waals surface area (Å²) < 4.78 is 0. The van der Waals surface area contributed by atoms with Gasteiger partial charge in [0.15, 0.2) is 11.5 Å². The highest BCUT2D eigenvalue weighted by molar-refractivity contribution is 6.20. The Morgan fingerprint density at radius 3 is 1.60 bits per heavy atom. The third-order valence-electron chi connectivity index (χ3n) is 6.45. The number of rotatable bonds is 15. The molecule has 4 heteroatoms. The lowest BCUT2D eigenvalue weighted by molar-refractivity contribution is -0.119. The van der Waals surface area contributed by atoms with Gasteiger partial charge in [0.2, 0.25) is 11.6 Å². The Hall–Kier alpha value is -1.58. The number of hydrogen-bond acceptors (Lipinski definition) is 4. The summed E-state index contributed by atoms with van der Waals surface area (Å²) in [6.07, 6.45) is 13.3. The Balaban J connectivity index is 2.17. The summed E-state index contributed by atoms with van der Waals surface area (Å²) in [6.45, 7) is 11.5. The quantitative estimate of drug-likeness (QED) is 0.274. The molecule has 172 valence electrons. The molecule has 1 rings (SSSR count). The molecular weight excluding hydrogens is 376 g/mol. The predicted molar refractivity (Wildman–Crippen MR) is 123 cm³/mol. The van der Waals surface area contributed by atoms with Crippen LogP contribution in [0.1, 0.15) is 105 Å². The summed E-state index contributed by atoms with van der Waals surface area (Å²) in [5.41, 5.74) is 0.0581. The van der Waals surface area contributed by atoms with E-state index in [0.717, 1.165) is 43.1 Å². The minimum Gasteiger partial charge on any atom is -0.504 e. The first-order valence-corrected chi connectivity index (χ1v) is 12.0. The molecule has 1 aliphatic rings. The molecule has 0 aromatic carbocycles. The maximum absolute atomic E-state index is 11.9. The van der Waals surface area contributed by atoms with E-state index in [1.807, 2.05) is 0 Å². The zero-order valence-electron chi connectivity index (χ0n) is 19.9. The molecule has 0 saturated carbocycles. The normalized spacial score (nSPS) is 18.0. The summed E-state index contributed by atoms with van der Waals surface area (Å²) in [5.74, 6) is 0.438. The van der Waals surface area contributed by atoms with Crippen molar-refractivity contribution >= 4 is 11.6 Å². The molecule has 0 saturated heterocycles. The fraction of sp³-hybridized carbons (Fsp3) is 0.769. The van der Waals surface area contributed by atoms with Gasteiger partial charge in [-0.1, -0.05) is 92.4 Å². The zero-order valence-corrected chi connectivity index (χ0v) is 19.9. The van der Waals surface area contributed by atoms with E-state index in [1.54, 1.807) is 0 Å². The molecule has 4 nitrogen and oxygen atoms in total. The molecule has 3 unspecified atom stereocenters. The number of allylic oxidation sites excluding steroid dienone is 2. The molecule has 0 spiro atoms. The van der Waals surface area contributed by atoms with Crippen LogP contribution in [0.25, 0.3) is 0 Å². The fourth-order valence-electron chi connectivity index (χ4n) is 4.23. The van der Waals surface area contributed by atoms with Crippen LogP contribution >= 0.6 is 0 Å². The first kappa shape index (κ1) is 26.5. The lowest BCUT2D eigenvalue weighted by Crippen LogP contribution is -2.19. The number of aliphatic hydroxyl groups excluding tert-OH is 2. The van der Waals surface area contributed by atoms with E-state index in [-0.39, 0.29) is 5.57 Å². The van der Waals surface area contributed by atoms with Gasteiger partial charge >= 0.3 is 0 Å². The van der Waals surface area contributed by atoms with Crippen LogP contribution in [-0.2, 0) is 9.59 Å². The SMILES string of the molecule is CC(C)CCCC(C)CCCC(C)CCCC(C)CCC1=C(O)C(=O)C=C(O)C1=O. The number of hydrogen-bond donors (Lipinski definition) is 2. The molecular formula is C26H44O4. The van der Waals surface area contributed by atoms with E-state index >= 15 is 0 Å². The molecule has 0 amide bonds. The number of carbonyl (C=O) groups excluding carboxylic acids is 2. The van der Waals surface area contributed by atoms with Crippen molar-refractivity contribution in [2.45, 2.75) is 105 Å². The van der Waals surface area contributed by atoms with Crippen LogP contribution in [0.4, 0.5) is 0 Å². The fourth-order valence-corrected chi connectivity index (χ4v) is 4.23. The van der Waals surface area contributed by atoms with Gasteiger partial charge in [-0.05, 0) is 36.5 Å². The van der Waals surface area contributed by atoms with Crippen molar-refractivity contribution in [3.63, 3.8) is 0 Å². The maximum atomic E-state index is 11.9. The van der Waals surface area contributed by atoms with Gasteiger partial charge in [0.1, 0.15) is 0 Å². The van der Waals surface area contributed by atoms with Crippen molar-refractivity contribution in [2.24, 2.45) is 23.7 Å². The van der Waals surface area contributed by atoms with Gasteiger partial charge in [-0.15, -0.1) is 0 Å². The largest absolute Gasteiger partial charge is 0.504 e. The molecule has 2 N–H and O–H groups in total. The smallest absolute Gasteiger partial charge is 0.227 e. The molecule has 0 heterocycles. The van der Waals surface area contributed by atoms with Crippen LogP contribution in [0.5, 0.6) is 0 Å². The van der Waals surface area contributed by atoms with E-state index in [0.29, 0.717) is 12.3 Å². The van der Waals surface area contributed by atoms with Gasteiger partial charge in [-0.25, -0.2) is 0 Å². The van der Waals surface area contributed by atoms with Gasteiger partial charge in [0.25, 0.3) is 0 Å². The van der Waals surface area contributed by atoms with Crippen molar-refractivity contribution in [3.05, 3.63) is 23.2 Å². The monoisotopic (exact) mass is 420 g/mol. The van der Waals surface area contributed by atoms with Gasteiger partial charge < -0.3 is 10.2 Å². The Kier molecular flexibility index (Phi) is 12.1. The van der Waals surface area contributed by atoms with E-state index in [9.17, 15) is 19.8 Å². The summed E-state index contributed by atoms with van der Waals surface area (Å²) in [7, 11) is 0. The second-order valence-electron chi connectivity index (χ2n) is 10.1. The highest BCUT2D eigenvalue weighted by Crippen LogP contribution is 2.26. The standard InChI is InChI=1S/C26H44O4/c1-18(2)9-6-10-19(3)11-7-12-20(4)13-8-14-21(5)15-16-22-25(29)23(27)17-24(28)26(22)30/h17-21,27,30H,6-16H2,1-5H3. The van der Waals surface area contributed by atoms with Crippen LogP contribution in [0.3, 0.4) is 0 Å². The Morgan fingerprint density at radius 2 is 1.13 bits per heavy atom. The van der Waals surface area contributed by atoms with Gasteiger partial charge in [0.05, 0.1) is 0 Å². The highest BCUT2D eigenvalue weighted by Gasteiger charge is 2.28. The van der Waals surface area contributed by atoms with Gasteiger partial charge in [-0.3, -0.25) is 9.59 Å². The first-order chi connectivity index (χ1) is 14.1. The summed E-state index contributed by atoms with van der Waals surface area (Å²) in [4.78, 5) is 23.5. The predicted octanol–water partition coefficient (Wildman–Crippen LogP) is 7.25. The minimum atomic E-state index is -0.683. The lowest BCUT2D eigenvalue weighted by Gasteiger charge is -2.17. The molecule has 0 aromatic heterocycles. The van der Waals surface area contributed by atoms with Crippen molar-refractivity contribution < 1.29 is 19.8 Å². The highest BCUT2D eigenvalue weighted by atomic mass is 16.3. The van der Waals surface area contributed by atoms with Crippen molar-refractivity contribution in [1.29, 1.82) is 0 Å². The Labute approximate surface area is 183 Å². The molecule has 0 bridgehead atoms. The third-order valence-corrected chi connectivity index (χ3v) is 6.45. The second kappa shape index (κ2) is 13.7. The van der Waals surface area contributed by atoms with E-state index < -0.39 is 23.1 Å². The van der Waals surface area contributed by atoms with Crippen molar-refractivity contribution in [2.75, 3.05) is 0 Å². The van der Waals surface area contributed by atoms with Crippen LogP contribution in [0, 0.1) is 23.7 Å². The average molecular weight is 421 g/mol. The molecule has 0 fully saturated rings. The Bertz CT molecular complexity index is 615. The number of aliphatic hydroxyl groups is 2. The average Bonchev–Trinajstić information content (AvgIpc) is 2.66. The summed E-state index contributed by atoms with van der Waals surface area (Å²) in [6, 6.07) is 0. The van der Waals surface area contributed by atoms with E-state index in [1.165, 1.54) is 44.9 Å². The number of ketones is 2. The van der Waals surface area contributed by atoms with E-state index in [2.05, 4.69) is 34.6 Å². The maximum Gasteiger partial charge on any atom is 0.227 e. The van der Waals surface area contributed by atoms with E-state index in [4.69, 9.17) is 0 Å². The first-order valence-electron chi connectivity index (χ1n) is 12.0. The summed E-state index contributed by atoms with van der Waals surface area (Å²) in [5, 5.41) is 19.4. The Morgan fingerprint density at radius 1 is 0.700 bits per heavy atom. The third kappa shape index (κ3) is 9.95. The van der Waals surface area contributed by atoms with Crippen LogP contribution in [0.15, 0.2) is 23.2 Å². The van der Waals surface area contributed by atoms with Gasteiger partial charge in [0, 0.05) is 11.6 Å². The molecule has 0 radical (unpaired) electrons. The van der Waals surface area contributed by atoms with Crippen molar-refractivity contribution in [3.8, 4) is 0 Å². The molecule has 3 atom stereocenters. The zero-order chi connectivity index (χ0) is 22.7. The van der Waals surface area contributed by atoms with Crippen LogP contribution in [0.2, 0.25) is 0 Å². The molecule has 0 aliphatic heterocycles. The second-order valence-corrected chi connectivity index (χ2v) is 10.1. The molecule has 0 aromatic rings. The number of Topliss-reactive ketones (excluding diaryl/α,β-unsaturated/α-hetero) is 1. The minimum absolute atomic E-state index is 0.0581. The molecule has 30 heavy (non-hydrogen) atoms. The number of carbonyl (C=O) groups is 2. The van der Waals surface area contributed by atoms with Crippen molar-refractivity contribution in [1.82, 2.24) is 0 Å². The lowest BCUT2D eigenvalue weighted by atomic mass is 9.89. The topological polar surface area (TPSA) is 74.6 Å². The van der Waals surface area contributed by atoms with Crippen LogP contribution < -0.4 is 0 Å². The molecule has 1 aliphatic carbocycles.